The highest BCUT2D eigenvalue weighted by Crippen LogP contribution is 2.35. The molecule has 2 atom stereocenters. The lowest BCUT2D eigenvalue weighted by Gasteiger charge is -2.34. The molecule has 6 heteroatoms. The molecule has 0 saturated carbocycles. The normalized spacial score (nSPS) is 15.0. The van der Waals surface area contributed by atoms with E-state index in [0.717, 1.165) is 22.0 Å². The molecule has 0 aliphatic heterocycles. The van der Waals surface area contributed by atoms with E-state index in [1.54, 1.807) is 12.3 Å². The smallest absolute Gasteiger partial charge is 0.142 e. The van der Waals surface area contributed by atoms with Crippen LogP contribution in [0.15, 0.2) is 48.7 Å². The predicted molar refractivity (Wildman–Crippen MR) is 106 cm³/mol. The Morgan fingerprint density at radius 1 is 1.15 bits per heavy atom. The van der Waals surface area contributed by atoms with E-state index in [4.69, 9.17) is 34.7 Å². The maximum Gasteiger partial charge on any atom is 0.142 e. The fourth-order valence-corrected chi connectivity index (χ4v) is 3.47. The average molecular weight is 392 g/mol. The van der Waals surface area contributed by atoms with Gasteiger partial charge in [-0.3, -0.25) is 4.98 Å². The summed E-state index contributed by atoms with van der Waals surface area (Å²) in [6.45, 7) is 2.19. The van der Waals surface area contributed by atoms with E-state index in [9.17, 15) is 4.39 Å². The minimum atomic E-state index is -0.690. The third-order valence-electron chi connectivity index (χ3n) is 4.77. The van der Waals surface area contributed by atoms with Gasteiger partial charge in [0.2, 0.25) is 0 Å². The number of hydrogen-bond acceptors (Lipinski definition) is 3. The molecule has 4 N–H and O–H groups in total. The van der Waals surface area contributed by atoms with Crippen LogP contribution in [0.1, 0.15) is 24.0 Å². The van der Waals surface area contributed by atoms with Crippen molar-refractivity contribution in [2.45, 2.75) is 24.8 Å². The molecule has 3 nitrogen and oxygen atoms in total. The van der Waals surface area contributed by atoms with Crippen LogP contribution in [-0.4, -0.2) is 17.1 Å². The lowest BCUT2D eigenvalue weighted by molar-refractivity contribution is 0.383. The molecule has 136 valence electrons. The highest BCUT2D eigenvalue weighted by molar-refractivity contribution is 6.31. The molecule has 1 aromatic heterocycles. The van der Waals surface area contributed by atoms with Crippen LogP contribution in [0.2, 0.25) is 10.0 Å². The quantitative estimate of drug-likeness (QED) is 0.663. The number of hydrogen-bond donors (Lipinski definition) is 2. The molecule has 0 radical (unpaired) electrons. The van der Waals surface area contributed by atoms with Crippen LogP contribution in [0, 0.1) is 5.82 Å². The summed E-state index contributed by atoms with van der Waals surface area (Å²) in [5.74, 6) is -0.583. The summed E-state index contributed by atoms with van der Waals surface area (Å²) in [5, 5.41) is 1.68. The second-order valence-electron chi connectivity index (χ2n) is 6.78. The van der Waals surface area contributed by atoms with E-state index in [0.29, 0.717) is 11.4 Å². The van der Waals surface area contributed by atoms with Crippen LogP contribution in [0.3, 0.4) is 0 Å². The van der Waals surface area contributed by atoms with Crippen molar-refractivity contribution in [1.29, 1.82) is 0 Å². The van der Waals surface area contributed by atoms with Gasteiger partial charge in [0.15, 0.2) is 0 Å². The van der Waals surface area contributed by atoms with Gasteiger partial charge in [-0.05, 0) is 54.8 Å². The van der Waals surface area contributed by atoms with Crippen molar-refractivity contribution in [2.75, 3.05) is 6.54 Å². The van der Waals surface area contributed by atoms with Crippen molar-refractivity contribution in [1.82, 2.24) is 4.98 Å². The van der Waals surface area contributed by atoms with E-state index in [1.165, 1.54) is 6.07 Å². The highest BCUT2D eigenvalue weighted by atomic mass is 35.5. The van der Waals surface area contributed by atoms with Gasteiger partial charge in [0.05, 0.1) is 10.5 Å². The van der Waals surface area contributed by atoms with Gasteiger partial charge in [0.1, 0.15) is 5.82 Å². The van der Waals surface area contributed by atoms with Crippen LogP contribution >= 0.6 is 23.2 Å². The third kappa shape index (κ3) is 3.84. The molecule has 3 aromatic rings. The first-order valence-electron chi connectivity index (χ1n) is 8.29. The summed E-state index contributed by atoms with van der Waals surface area (Å²) >= 11 is 11.9. The molecular formula is C20H20Cl2FN3. The summed E-state index contributed by atoms with van der Waals surface area (Å²) in [6.07, 6.45) is 2.26. The summed E-state index contributed by atoms with van der Waals surface area (Å²) in [7, 11) is 0. The molecule has 0 aliphatic rings. The molecule has 0 saturated heterocycles. The Balaban J connectivity index is 2.11. The zero-order chi connectivity index (χ0) is 18.9. The van der Waals surface area contributed by atoms with Gasteiger partial charge in [-0.2, -0.15) is 0 Å². The van der Waals surface area contributed by atoms with Crippen LogP contribution in [-0.2, 0) is 6.42 Å². The standard InChI is InChI=1S/C20H20Cl2FN3/c1-20(25,11-24)16(8-12-2-5-17(22)18(23)9-12)14-6-7-26-19-10-13(21)3-4-15(14)19/h2-7,9-10,16H,8,11,24-25H2,1H3. The highest BCUT2D eigenvalue weighted by Gasteiger charge is 2.31. The topological polar surface area (TPSA) is 64.9 Å². The van der Waals surface area contributed by atoms with Crippen molar-refractivity contribution < 1.29 is 4.39 Å². The predicted octanol–water partition coefficient (Wildman–Crippen LogP) is 4.68. The van der Waals surface area contributed by atoms with Crippen molar-refractivity contribution >= 4 is 34.1 Å². The Kier molecular flexibility index (Phi) is 5.49. The fraction of sp³-hybridized carbons (Fsp3) is 0.250. The van der Waals surface area contributed by atoms with Crippen LogP contribution in [0.4, 0.5) is 4.39 Å². The maximum atomic E-state index is 13.9. The van der Waals surface area contributed by atoms with Gasteiger partial charge in [0, 0.05) is 34.6 Å². The number of benzene rings is 2. The molecule has 0 amide bonds. The number of rotatable bonds is 5. The number of halogens is 3. The van der Waals surface area contributed by atoms with Crippen LogP contribution in [0.25, 0.3) is 10.9 Å². The second-order valence-corrected chi connectivity index (χ2v) is 7.62. The van der Waals surface area contributed by atoms with E-state index in [2.05, 4.69) is 4.98 Å². The second kappa shape index (κ2) is 7.49. The Morgan fingerprint density at radius 2 is 1.92 bits per heavy atom. The number of nitrogens with zero attached hydrogens (tertiary/aromatic N) is 1. The lowest BCUT2D eigenvalue weighted by Crippen LogP contribution is -2.50. The zero-order valence-corrected chi connectivity index (χ0v) is 15.9. The van der Waals surface area contributed by atoms with E-state index >= 15 is 0 Å². The van der Waals surface area contributed by atoms with Gasteiger partial charge in [-0.25, -0.2) is 4.39 Å². The first-order valence-corrected chi connectivity index (χ1v) is 9.04. The largest absolute Gasteiger partial charge is 0.329 e. The Morgan fingerprint density at radius 3 is 2.62 bits per heavy atom. The summed E-state index contributed by atoms with van der Waals surface area (Å²) in [4.78, 5) is 4.39. The van der Waals surface area contributed by atoms with Gasteiger partial charge in [-0.15, -0.1) is 0 Å². The van der Waals surface area contributed by atoms with Gasteiger partial charge in [-0.1, -0.05) is 35.3 Å². The molecule has 1 heterocycles. The number of pyridine rings is 1. The first kappa shape index (κ1) is 19.1. The van der Waals surface area contributed by atoms with Crippen molar-refractivity contribution in [2.24, 2.45) is 11.5 Å². The maximum absolute atomic E-state index is 13.9. The fourth-order valence-electron chi connectivity index (χ4n) is 3.19. The van der Waals surface area contributed by atoms with E-state index in [1.807, 2.05) is 37.3 Å². The number of aromatic nitrogens is 1. The van der Waals surface area contributed by atoms with Gasteiger partial charge < -0.3 is 11.5 Å². The van der Waals surface area contributed by atoms with Crippen molar-refractivity contribution in [3.8, 4) is 0 Å². The van der Waals surface area contributed by atoms with Gasteiger partial charge >= 0.3 is 0 Å². The monoisotopic (exact) mass is 391 g/mol. The number of nitrogens with two attached hydrogens (primary N) is 2. The minimum absolute atomic E-state index is 0.101. The third-order valence-corrected chi connectivity index (χ3v) is 5.32. The Labute approximate surface area is 162 Å². The average Bonchev–Trinajstić information content (AvgIpc) is 2.61. The number of fused-ring (bicyclic) bond motifs is 1. The molecule has 0 spiro atoms. The van der Waals surface area contributed by atoms with Crippen molar-refractivity contribution in [3.05, 3.63) is 75.7 Å². The molecular weight excluding hydrogens is 372 g/mol. The molecule has 26 heavy (non-hydrogen) atoms. The van der Waals surface area contributed by atoms with Crippen LogP contribution in [0.5, 0.6) is 0 Å². The minimum Gasteiger partial charge on any atom is -0.329 e. The molecule has 2 aromatic carbocycles. The SMILES string of the molecule is CC(N)(CN)C(Cc1ccc(Cl)c(F)c1)c1ccnc2cc(Cl)ccc12. The lowest BCUT2D eigenvalue weighted by atomic mass is 9.76. The Bertz CT molecular complexity index is 943. The molecule has 3 rings (SSSR count). The van der Waals surface area contributed by atoms with E-state index < -0.39 is 11.4 Å². The summed E-state index contributed by atoms with van der Waals surface area (Å²) in [6, 6.07) is 12.3. The first-order chi connectivity index (χ1) is 12.3. The molecule has 0 fully saturated rings. The molecule has 0 aliphatic carbocycles. The van der Waals surface area contributed by atoms with Gasteiger partial charge in [0.25, 0.3) is 0 Å². The molecule has 0 bridgehead atoms. The summed E-state index contributed by atoms with van der Waals surface area (Å²) in [5.41, 5.74) is 14.4. The van der Waals surface area contributed by atoms with Crippen LogP contribution < -0.4 is 11.5 Å². The van der Waals surface area contributed by atoms with Crippen molar-refractivity contribution in [3.63, 3.8) is 0 Å². The van der Waals surface area contributed by atoms with E-state index in [-0.39, 0.29) is 17.5 Å². The Hall–Kier alpha value is -1.72. The summed E-state index contributed by atoms with van der Waals surface area (Å²) < 4.78 is 13.9. The zero-order valence-electron chi connectivity index (χ0n) is 14.3. The molecule has 2 unspecified atom stereocenters.